The Hall–Kier alpha value is -3.52. The average molecular weight is 349 g/mol. The van der Waals surface area contributed by atoms with Crippen LogP contribution in [-0.2, 0) is 9.59 Å². The number of aromatic nitrogens is 3. The fourth-order valence-corrected chi connectivity index (χ4v) is 2.73. The van der Waals surface area contributed by atoms with E-state index in [9.17, 15) is 9.59 Å². The number of carbonyl (C=O) groups is 2. The molecule has 0 radical (unpaired) electrons. The van der Waals surface area contributed by atoms with E-state index in [0.29, 0.717) is 16.7 Å². The van der Waals surface area contributed by atoms with Gasteiger partial charge in [-0.15, -0.1) is 10.2 Å². The molecule has 1 aromatic heterocycles. The lowest BCUT2D eigenvalue weighted by atomic mass is 10.2. The number of hydrogen-bond acceptors (Lipinski definition) is 6. The molecule has 8 nitrogen and oxygen atoms in total. The Bertz CT molecular complexity index is 1030. The lowest BCUT2D eigenvalue weighted by Crippen LogP contribution is -2.34. The predicted octanol–water partition coefficient (Wildman–Crippen LogP) is 1.08. The SMILES string of the molecule is O=C1C=C(Nc2ccc3nn(-c4ccccc4)nc3c2)C(=O)N1CCO. The van der Waals surface area contributed by atoms with Gasteiger partial charge in [-0.1, -0.05) is 18.2 Å². The molecule has 0 unspecified atom stereocenters. The highest BCUT2D eigenvalue weighted by Gasteiger charge is 2.30. The van der Waals surface area contributed by atoms with Crippen molar-refractivity contribution in [2.75, 3.05) is 18.5 Å². The predicted molar refractivity (Wildman–Crippen MR) is 94.4 cm³/mol. The van der Waals surface area contributed by atoms with E-state index in [0.717, 1.165) is 10.6 Å². The Labute approximate surface area is 148 Å². The van der Waals surface area contributed by atoms with Crippen molar-refractivity contribution in [3.05, 3.63) is 60.3 Å². The van der Waals surface area contributed by atoms with Gasteiger partial charge in [-0.25, -0.2) is 0 Å². The lowest BCUT2D eigenvalue weighted by Gasteiger charge is -2.13. The molecule has 8 heteroatoms. The van der Waals surface area contributed by atoms with Crippen LogP contribution >= 0.6 is 0 Å². The number of nitrogens with zero attached hydrogens (tertiary/aromatic N) is 4. The highest BCUT2D eigenvalue weighted by Crippen LogP contribution is 2.21. The summed E-state index contributed by atoms with van der Waals surface area (Å²) in [6, 6.07) is 14.9. The lowest BCUT2D eigenvalue weighted by molar-refractivity contribution is -0.137. The molecule has 4 rings (SSSR count). The summed E-state index contributed by atoms with van der Waals surface area (Å²) in [5, 5.41) is 20.8. The van der Waals surface area contributed by atoms with Crippen LogP contribution in [-0.4, -0.2) is 50.0 Å². The van der Waals surface area contributed by atoms with Gasteiger partial charge in [-0.2, -0.15) is 4.80 Å². The first-order valence-corrected chi connectivity index (χ1v) is 8.03. The largest absolute Gasteiger partial charge is 0.395 e. The van der Waals surface area contributed by atoms with Gasteiger partial charge < -0.3 is 10.4 Å². The van der Waals surface area contributed by atoms with E-state index >= 15 is 0 Å². The van der Waals surface area contributed by atoms with Crippen LogP contribution in [0.2, 0.25) is 0 Å². The molecule has 26 heavy (non-hydrogen) atoms. The Kier molecular flexibility index (Phi) is 3.94. The molecule has 0 fully saturated rings. The van der Waals surface area contributed by atoms with Crippen LogP contribution < -0.4 is 5.32 Å². The highest BCUT2D eigenvalue weighted by molar-refractivity contribution is 6.17. The standard InChI is InChI=1S/C18H15N5O3/c24-9-8-22-17(25)11-16(18(22)26)19-12-6-7-14-15(10-12)21-23(20-14)13-4-2-1-3-5-13/h1-7,10-11,19,24H,8-9H2. The molecule has 0 spiro atoms. The van der Waals surface area contributed by atoms with E-state index in [1.165, 1.54) is 6.08 Å². The summed E-state index contributed by atoms with van der Waals surface area (Å²) in [4.78, 5) is 26.5. The van der Waals surface area contributed by atoms with E-state index in [1.807, 2.05) is 30.3 Å². The van der Waals surface area contributed by atoms with Crippen LogP contribution in [0.15, 0.2) is 60.3 Å². The summed E-state index contributed by atoms with van der Waals surface area (Å²) in [7, 11) is 0. The maximum atomic E-state index is 12.2. The molecule has 2 heterocycles. The monoisotopic (exact) mass is 349 g/mol. The summed E-state index contributed by atoms with van der Waals surface area (Å²) in [6.45, 7) is -0.295. The number of aliphatic hydroxyl groups is 1. The maximum Gasteiger partial charge on any atom is 0.277 e. The number of rotatable bonds is 5. The van der Waals surface area contributed by atoms with Gasteiger partial charge >= 0.3 is 0 Å². The minimum absolute atomic E-state index is 0.0240. The molecule has 3 aromatic rings. The number of anilines is 1. The summed E-state index contributed by atoms with van der Waals surface area (Å²) >= 11 is 0. The smallest absolute Gasteiger partial charge is 0.277 e. The summed E-state index contributed by atoms with van der Waals surface area (Å²) in [5.41, 5.74) is 3.00. The number of benzene rings is 2. The Morgan fingerprint density at radius 2 is 1.77 bits per heavy atom. The van der Waals surface area contributed by atoms with Gasteiger partial charge in [0.1, 0.15) is 16.7 Å². The minimum atomic E-state index is -0.461. The molecule has 2 N–H and O–H groups in total. The number of para-hydroxylation sites is 1. The third-order valence-electron chi connectivity index (χ3n) is 3.98. The number of aliphatic hydroxyl groups excluding tert-OH is 1. The average Bonchev–Trinajstić information content (AvgIpc) is 3.19. The van der Waals surface area contributed by atoms with Crippen LogP contribution in [0.3, 0.4) is 0 Å². The summed E-state index contributed by atoms with van der Waals surface area (Å²) < 4.78 is 0. The Morgan fingerprint density at radius 1 is 1.00 bits per heavy atom. The van der Waals surface area contributed by atoms with Crippen molar-refractivity contribution in [1.29, 1.82) is 0 Å². The van der Waals surface area contributed by atoms with Crippen molar-refractivity contribution in [2.45, 2.75) is 0 Å². The Morgan fingerprint density at radius 3 is 2.54 bits per heavy atom. The first-order chi connectivity index (χ1) is 12.7. The van der Waals surface area contributed by atoms with Gasteiger partial charge in [0.25, 0.3) is 11.8 Å². The zero-order valence-corrected chi connectivity index (χ0v) is 13.7. The molecule has 0 bridgehead atoms. The fourth-order valence-electron chi connectivity index (χ4n) is 2.73. The van der Waals surface area contributed by atoms with Crippen LogP contribution in [0.1, 0.15) is 0 Å². The number of nitrogens with one attached hydrogen (secondary N) is 1. The molecule has 0 saturated heterocycles. The number of amides is 2. The molecule has 2 amide bonds. The van der Waals surface area contributed by atoms with Crippen molar-refractivity contribution < 1.29 is 14.7 Å². The van der Waals surface area contributed by atoms with Crippen molar-refractivity contribution >= 4 is 28.5 Å². The van der Waals surface area contributed by atoms with E-state index in [4.69, 9.17) is 5.11 Å². The zero-order chi connectivity index (χ0) is 18.1. The van der Waals surface area contributed by atoms with Gasteiger partial charge in [0, 0.05) is 11.8 Å². The molecule has 0 saturated carbocycles. The highest BCUT2D eigenvalue weighted by atomic mass is 16.3. The number of β-amino-alcohol motifs (C(OH)–C–C–N with tert-alkyl or cyclic N) is 1. The second-order valence-corrected chi connectivity index (χ2v) is 5.73. The third-order valence-corrected chi connectivity index (χ3v) is 3.98. The van der Waals surface area contributed by atoms with E-state index in [1.54, 1.807) is 23.0 Å². The van der Waals surface area contributed by atoms with Crippen molar-refractivity contribution in [2.24, 2.45) is 0 Å². The third kappa shape index (κ3) is 2.82. The van der Waals surface area contributed by atoms with Gasteiger partial charge in [-0.05, 0) is 30.3 Å². The van der Waals surface area contributed by atoms with Crippen LogP contribution in [0.5, 0.6) is 0 Å². The molecule has 130 valence electrons. The Balaban J connectivity index is 1.59. The maximum absolute atomic E-state index is 12.2. The zero-order valence-electron chi connectivity index (χ0n) is 13.7. The topological polar surface area (TPSA) is 100 Å². The second kappa shape index (κ2) is 6.41. The van der Waals surface area contributed by atoms with Crippen molar-refractivity contribution in [3.8, 4) is 5.69 Å². The first kappa shape index (κ1) is 16.0. The molecule has 0 aliphatic carbocycles. The molecular weight excluding hydrogens is 334 g/mol. The molecule has 0 atom stereocenters. The number of carbonyl (C=O) groups excluding carboxylic acids is 2. The van der Waals surface area contributed by atoms with E-state index in [2.05, 4.69) is 15.5 Å². The normalized spacial score (nSPS) is 14.2. The van der Waals surface area contributed by atoms with Crippen LogP contribution in [0.25, 0.3) is 16.7 Å². The van der Waals surface area contributed by atoms with Crippen LogP contribution in [0, 0.1) is 0 Å². The first-order valence-electron chi connectivity index (χ1n) is 8.03. The van der Waals surface area contributed by atoms with E-state index in [-0.39, 0.29) is 18.8 Å². The van der Waals surface area contributed by atoms with E-state index < -0.39 is 11.8 Å². The minimum Gasteiger partial charge on any atom is -0.395 e. The van der Waals surface area contributed by atoms with Crippen molar-refractivity contribution in [3.63, 3.8) is 0 Å². The van der Waals surface area contributed by atoms with Crippen molar-refractivity contribution in [1.82, 2.24) is 19.9 Å². The fraction of sp³-hybridized carbons (Fsp3) is 0.111. The quantitative estimate of drug-likeness (QED) is 0.669. The summed E-state index contributed by atoms with van der Waals surface area (Å²) in [6.07, 6.45) is 1.23. The van der Waals surface area contributed by atoms with Gasteiger partial charge in [0.05, 0.1) is 18.8 Å². The second-order valence-electron chi connectivity index (χ2n) is 5.73. The van der Waals surface area contributed by atoms with Gasteiger partial charge in [-0.3, -0.25) is 14.5 Å². The van der Waals surface area contributed by atoms with Crippen LogP contribution in [0.4, 0.5) is 5.69 Å². The molecule has 2 aromatic carbocycles. The number of hydrogen-bond donors (Lipinski definition) is 2. The van der Waals surface area contributed by atoms with Gasteiger partial charge in [0.15, 0.2) is 0 Å². The number of imide groups is 1. The molecule has 1 aliphatic heterocycles. The molecular formula is C18H15N5O3. The van der Waals surface area contributed by atoms with Gasteiger partial charge in [0.2, 0.25) is 0 Å². The summed E-state index contributed by atoms with van der Waals surface area (Å²) in [5.74, 6) is -0.903. The molecule has 1 aliphatic rings. The number of fused-ring (bicyclic) bond motifs is 1.